The zero-order chi connectivity index (χ0) is 17.9. The Morgan fingerprint density at radius 3 is 2.42 bits per heavy atom. The van der Waals surface area contributed by atoms with Gasteiger partial charge in [-0.3, -0.25) is 14.5 Å². The van der Waals surface area contributed by atoms with Crippen molar-refractivity contribution >= 4 is 34.8 Å². The van der Waals surface area contributed by atoms with E-state index in [1.807, 2.05) is 11.8 Å². The number of hydrogen-bond donors (Lipinski definition) is 2. The van der Waals surface area contributed by atoms with Crippen LogP contribution in [0.15, 0.2) is 43.5 Å². The maximum atomic E-state index is 12.2. The first kappa shape index (κ1) is 19.9. The Balaban J connectivity index is 2.74. The molecule has 6 heteroatoms. The molecule has 0 atom stereocenters. The molecule has 130 valence electrons. The number of benzene rings is 1. The fourth-order valence-corrected chi connectivity index (χ4v) is 2.28. The maximum Gasteiger partial charge on any atom is 0.238 e. The van der Waals surface area contributed by atoms with E-state index in [1.54, 1.807) is 30.4 Å². The number of carbonyl (C=O) groups is 2. The molecule has 0 bridgehead atoms. The van der Waals surface area contributed by atoms with Gasteiger partial charge in [0.1, 0.15) is 0 Å². The van der Waals surface area contributed by atoms with Gasteiger partial charge >= 0.3 is 0 Å². The number of amides is 2. The monoisotopic (exact) mass is 349 g/mol. The van der Waals surface area contributed by atoms with Crippen molar-refractivity contribution in [1.29, 1.82) is 0 Å². The molecule has 0 unspecified atom stereocenters. The molecule has 0 fully saturated rings. The second-order valence-corrected chi connectivity index (χ2v) is 5.72. The summed E-state index contributed by atoms with van der Waals surface area (Å²) in [4.78, 5) is 25.7. The predicted octanol–water partition coefficient (Wildman–Crippen LogP) is 3.69. The zero-order valence-electron chi connectivity index (χ0n) is 14.0. The first-order valence-corrected chi connectivity index (χ1v) is 8.21. The number of nitrogens with one attached hydrogen (secondary N) is 2. The Bertz CT molecular complexity index is 592. The fourth-order valence-electron chi connectivity index (χ4n) is 2.11. The van der Waals surface area contributed by atoms with E-state index in [0.29, 0.717) is 35.9 Å². The Morgan fingerprint density at radius 2 is 1.83 bits per heavy atom. The molecule has 2 amide bonds. The molecule has 1 aromatic carbocycles. The SMILES string of the molecule is C=CCN(CC=C)CC(=O)Nc1cc(NC(=O)CCC)ccc1Cl. The normalized spacial score (nSPS) is 10.3. The third-order valence-corrected chi connectivity index (χ3v) is 3.47. The summed E-state index contributed by atoms with van der Waals surface area (Å²) in [5, 5.41) is 5.96. The zero-order valence-corrected chi connectivity index (χ0v) is 14.7. The van der Waals surface area contributed by atoms with E-state index >= 15 is 0 Å². The number of anilines is 2. The third-order valence-electron chi connectivity index (χ3n) is 3.14. The third kappa shape index (κ3) is 6.98. The van der Waals surface area contributed by atoms with Crippen LogP contribution in [0.4, 0.5) is 11.4 Å². The van der Waals surface area contributed by atoms with Crippen molar-refractivity contribution in [2.75, 3.05) is 30.3 Å². The Morgan fingerprint density at radius 1 is 1.17 bits per heavy atom. The highest BCUT2D eigenvalue weighted by Crippen LogP contribution is 2.25. The van der Waals surface area contributed by atoms with Crippen molar-refractivity contribution in [3.8, 4) is 0 Å². The molecule has 0 aliphatic carbocycles. The number of rotatable bonds is 10. The summed E-state index contributed by atoms with van der Waals surface area (Å²) in [6, 6.07) is 5.00. The molecule has 0 aliphatic rings. The van der Waals surface area contributed by atoms with Gasteiger partial charge in [0.25, 0.3) is 0 Å². The second kappa shape index (κ2) is 10.6. The first-order chi connectivity index (χ1) is 11.5. The minimum Gasteiger partial charge on any atom is -0.326 e. The van der Waals surface area contributed by atoms with Crippen molar-refractivity contribution in [3.63, 3.8) is 0 Å². The van der Waals surface area contributed by atoms with Crippen LogP contribution in [0.1, 0.15) is 19.8 Å². The van der Waals surface area contributed by atoms with E-state index in [4.69, 9.17) is 11.6 Å². The molecule has 0 aliphatic heterocycles. The minimum absolute atomic E-state index is 0.0692. The van der Waals surface area contributed by atoms with Gasteiger partial charge in [0, 0.05) is 25.2 Å². The van der Waals surface area contributed by atoms with Crippen molar-refractivity contribution in [1.82, 2.24) is 4.90 Å². The van der Waals surface area contributed by atoms with Crippen molar-refractivity contribution in [3.05, 3.63) is 48.5 Å². The van der Waals surface area contributed by atoms with E-state index in [1.165, 1.54) is 0 Å². The van der Waals surface area contributed by atoms with Crippen molar-refractivity contribution in [2.24, 2.45) is 0 Å². The Labute approximate surface area is 148 Å². The van der Waals surface area contributed by atoms with Crippen LogP contribution in [-0.2, 0) is 9.59 Å². The number of carbonyl (C=O) groups excluding carboxylic acids is 2. The highest BCUT2D eigenvalue weighted by molar-refractivity contribution is 6.33. The van der Waals surface area contributed by atoms with E-state index < -0.39 is 0 Å². The highest BCUT2D eigenvalue weighted by atomic mass is 35.5. The minimum atomic E-state index is -0.197. The van der Waals surface area contributed by atoms with E-state index in [0.717, 1.165) is 6.42 Å². The van der Waals surface area contributed by atoms with E-state index in [9.17, 15) is 9.59 Å². The van der Waals surface area contributed by atoms with Crippen molar-refractivity contribution in [2.45, 2.75) is 19.8 Å². The lowest BCUT2D eigenvalue weighted by molar-refractivity contribution is -0.117. The molecule has 0 radical (unpaired) electrons. The predicted molar refractivity (Wildman–Crippen MR) is 100 cm³/mol. The summed E-state index contributed by atoms with van der Waals surface area (Å²) in [5.41, 5.74) is 1.07. The Kier molecular flexibility index (Phi) is 8.83. The van der Waals surface area contributed by atoms with E-state index in [2.05, 4.69) is 23.8 Å². The van der Waals surface area contributed by atoms with Crippen LogP contribution in [0.3, 0.4) is 0 Å². The standard InChI is InChI=1S/C18H24ClN3O2/c1-4-7-17(23)20-14-8-9-15(19)16(12-14)21-18(24)13-22(10-5-2)11-6-3/h5-6,8-9,12H,2-4,7,10-11,13H2,1H3,(H,20,23)(H,21,24). The molecule has 0 saturated carbocycles. The number of halogens is 1. The molecule has 0 aromatic heterocycles. The van der Waals surface area contributed by atoms with Crippen LogP contribution in [0.2, 0.25) is 5.02 Å². The molecule has 1 aromatic rings. The summed E-state index contributed by atoms with van der Waals surface area (Å²) in [5.74, 6) is -0.266. The van der Waals surface area contributed by atoms with Crippen LogP contribution in [0.5, 0.6) is 0 Å². The highest BCUT2D eigenvalue weighted by Gasteiger charge is 2.11. The van der Waals surface area contributed by atoms with Gasteiger partial charge < -0.3 is 10.6 Å². The average Bonchev–Trinajstić information content (AvgIpc) is 2.51. The molecule has 1 rings (SSSR count). The maximum absolute atomic E-state index is 12.2. The second-order valence-electron chi connectivity index (χ2n) is 5.31. The van der Waals surface area contributed by atoms with Crippen LogP contribution < -0.4 is 10.6 Å². The van der Waals surface area contributed by atoms with E-state index in [-0.39, 0.29) is 18.4 Å². The fraction of sp³-hybridized carbons (Fsp3) is 0.333. The Hall–Kier alpha value is -2.11. The lowest BCUT2D eigenvalue weighted by Crippen LogP contribution is -2.33. The average molecular weight is 350 g/mol. The van der Waals surface area contributed by atoms with Crippen LogP contribution in [0.25, 0.3) is 0 Å². The number of hydrogen-bond acceptors (Lipinski definition) is 3. The first-order valence-electron chi connectivity index (χ1n) is 7.83. The molecular weight excluding hydrogens is 326 g/mol. The van der Waals surface area contributed by atoms with Crippen molar-refractivity contribution < 1.29 is 9.59 Å². The molecule has 0 spiro atoms. The quantitative estimate of drug-likeness (QED) is 0.633. The van der Waals surface area contributed by atoms with Gasteiger partial charge in [-0.15, -0.1) is 13.2 Å². The molecule has 24 heavy (non-hydrogen) atoms. The summed E-state index contributed by atoms with van der Waals surface area (Å²) >= 11 is 6.12. The summed E-state index contributed by atoms with van der Waals surface area (Å²) in [7, 11) is 0. The van der Waals surface area contributed by atoms with Crippen LogP contribution >= 0.6 is 11.6 Å². The van der Waals surface area contributed by atoms with Gasteiger partial charge in [0.2, 0.25) is 11.8 Å². The largest absolute Gasteiger partial charge is 0.326 e. The summed E-state index contributed by atoms with van der Waals surface area (Å²) < 4.78 is 0. The van der Waals surface area contributed by atoms with Crippen LogP contribution in [0, 0.1) is 0 Å². The van der Waals surface area contributed by atoms with Gasteiger partial charge in [-0.1, -0.05) is 30.7 Å². The van der Waals surface area contributed by atoms with Gasteiger partial charge in [0.05, 0.1) is 17.3 Å². The van der Waals surface area contributed by atoms with Gasteiger partial charge in [-0.05, 0) is 24.6 Å². The van der Waals surface area contributed by atoms with Gasteiger partial charge in [-0.25, -0.2) is 0 Å². The molecule has 2 N–H and O–H groups in total. The molecule has 5 nitrogen and oxygen atoms in total. The van der Waals surface area contributed by atoms with Crippen LogP contribution in [-0.4, -0.2) is 36.3 Å². The molecule has 0 heterocycles. The van der Waals surface area contributed by atoms with Gasteiger partial charge in [0.15, 0.2) is 0 Å². The smallest absolute Gasteiger partial charge is 0.238 e. The summed E-state index contributed by atoms with van der Waals surface area (Å²) in [6.07, 6.45) is 4.68. The molecule has 0 saturated heterocycles. The lowest BCUT2D eigenvalue weighted by atomic mass is 10.2. The number of nitrogens with zero attached hydrogens (tertiary/aromatic N) is 1. The topological polar surface area (TPSA) is 61.4 Å². The lowest BCUT2D eigenvalue weighted by Gasteiger charge is -2.18. The molecular formula is C18H24ClN3O2. The summed E-state index contributed by atoms with van der Waals surface area (Å²) in [6.45, 7) is 10.6. The van der Waals surface area contributed by atoms with Gasteiger partial charge in [-0.2, -0.15) is 0 Å².